The van der Waals surface area contributed by atoms with E-state index in [0.29, 0.717) is 12.8 Å². The SMILES string of the molecule is O=S(=O)(Cl)C1CC2(COC2)C1. The second-order valence-corrected chi connectivity index (χ2v) is 6.41. The summed E-state index contributed by atoms with van der Waals surface area (Å²) in [6, 6.07) is 0. The second kappa shape index (κ2) is 2.12. The zero-order valence-electron chi connectivity index (χ0n) is 5.92. The number of ether oxygens (including phenoxy) is 1. The van der Waals surface area contributed by atoms with Gasteiger partial charge in [0, 0.05) is 16.1 Å². The molecule has 2 aliphatic rings. The lowest BCUT2D eigenvalue weighted by Crippen LogP contribution is -2.55. The molecule has 1 saturated carbocycles. The molecule has 2 rings (SSSR count). The van der Waals surface area contributed by atoms with E-state index >= 15 is 0 Å². The Labute approximate surface area is 70.1 Å². The van der Waals surface area contributed by atoms with Crippen molar-refractivity contribution in [3.05, 3.63) is 0 Å². The first-order chi connectivity index (χ1) is 5.02. The van der Waals surface area contributed by atoms with Crippen LogP contribution in [0.2, 0.25) is 0 Å². The van der Waals surface area contributed by atoms with Crippen LogP contribution in [0.15, 0.2) is 0 Å². The fraction of sp³-hybridized carbons (Fsp3) is 1.00. The van der Waals surface area contributed by atoms with Crippen molar-refractivity contribution in [1.82, 2.24) is 0 Å². The number of hydrogen-bond donors (Lipinski definition) is 0. The first kappa shape index (κ1) is 7.83. The summed E-state index contributed by atoms with van der Waals surface area (Å²) in [4.78, 5) is 0. The van der Waals surface area contributed by atoms with Gasteiger partial charge in [-0.05, 0) is 12.8 Å². The molecule has 1 aliphatic heterocycles. The van der Waals surface area contributed by atoms with Gasteiger partial charge >= 0.3 is 0 Å². The average molecular weight is 197 g/mol. The van der Waals surface area contributed by atoms with E-state index in [9.17, 15) is 8.42 Å². The minimum atomic E-state index is -3.30. The van der Waals surface area contributed by atoms with Crippen LogP contribution in [-0.2, 0) is 13.8 Å². The van der Waals surface area contributed by atoms with E-state index in [1.165, 1.54) is 0 Å². The zero-order chi connectivity index (χ0) is 8.11. The van der Waals surface area contributed by atoms with Gasteiger partial charge in [0.25, 0.3) is 0 Å². The van der Waals surface area contributed by atoms with E-state index in [2.05, 4.69) is 0 Å². The normalized spacial score (nSPS) is 29.5. The molecule has 0 radical (unpaired) electrons. The fourth-order valence-corrected chi connectivity index (χ4v) is 3.21. The van der Waals surface area contributed by atoms with Crippen molar-refractivity contribution < 1.29 is 13.2 Å². The summed E-state index contributed by atoms with van der Waals surface area (Å²) >= 11 is 0. The van der Waals surface area contributed by atoms with Crippen LogP contribution in [0, 0.1) is 5.41 Å². The minimum Gasteiger partial charge on any atom is -0.380 e. The molecule has 0 atom stereocenters. The zero-order valence-corrected chi connectivity index (χ0v) is 7.49. The second-order valence-electron chi connectivity index (χ2n) is 3.50. The van der Waals surface area contributed by atoms with Crippen molar-refractivity contribution in [2.75, 3.05) is 13.2 Å². The Morgan fingerprint density at radius 3 is 2.18 bits per heavy atom. The van der Waals surface area contributed by atoms with Crippen molar-refractivity contribution in [1.29, 1.82) is 0 Å². The standard InChI is InChI=1S/C6H9ClO3S/c7-11(8,9)5-1-6(2-5)3-10-4-6/h5H,1-4H2. The van der Waals surface area contributed by atoms with Gasteiger partial charge in [-0.3, -0.25) is 0 Å². The molecule has 11 heavy (non-hydrogen) atoms. The van der Waals surface area contributed by atoms with Gasteiger partial charge < -0.3 is 4.74 Å². The van der Waals surface area contributed by atoms with E-state index in [1.807, 2.05) is 0 Å². The van der Waals surface area contributed by atoms with Crippen LogP contribution in [0.3, 0.4) is 0 Å². The summed E-state index contributed by atoms with van der Waals surface area (Å²) in [5.74, 6) is 0. The van der Waals surface area contributed by atoms with Gasteiger partial charge in [-0.15, -0.1) is 0 Å². The Balaban J connectivity index is 1.98. The molecule has 0 N–H and O–H groups in total. The molecular formula is C6H9ClO3S. The summed E-state index contributed by atoms with van der Waals surface area (Å²) in [7, 11) is 1.88. The van der Waals surface area contributed by atoms with E-state index in [4.69, 9.17) is 15.4 Å². The van der Waals surface area contributed by atoms with Gasteiger partial charge in [0.15, 0.2) is 0 Å². The molecule has 64 valence electrons. The summed E-state index contributed by atoms with van der Waals surface area (Å²) in [6.07, 6.45) is 1.39. The monoisotopic (exact) mass is 196 g/mol. The molecule has 0 aromatic rings. The van der Waals surface area contributed by atoms with Crippen molar-refractivity contribution >= 4 is 19.7 Å². The van der Waals surface area contributed by atoms with E-state index in [1.54, 1.807) is 0 Å². The van der Waals surface area contributed by atoms with Crippen LogP contribution < -0.4 is 0 Å². The topological polar surface area (TPSA) is 43.4 Å². The summed E-state index contributed by atoms with van der Waals surface area (Å²) in [5, 5.41) is -0.312. The largest absolute Gasteiger partial charge is 0.380 e. The summed E-state index contributed by atoms with van der Waals surface area (Å²) < 4.78 is 26.5. The maximum atomic E-state index is 10.8. The molecule has 1 spiro atoms. The molecule has 1 aliphatic carbocycles. The molecule has 0 unspecified atom stereocenters. The van der Waals surface area contributed by atoms with Crippen molar-refractivity contribution in [2.45, 2.75) is 18.1 Å². The third-order valence-electron chi connectivity index (χ3n) is 2.54. The molecule has 0 amide bonds. The molecule has 0 aromatic carbocycles. The first-order valence-corrected chi connectivity index (χ1v) is 5.90. The maximum absolute atomic E-state index is 10.8. The van der Waals surface area contributed by atoms with Gasteiger partial charge in [-0.1, -0.05) is 0 Å². The van der Waals surface area contributed by atoms with Crippen LogP contribution in [0.5, 0.6) is 0 Å². The third kappa shape index (κ3) is 1.17. The molecule has 1 heterocycles. The van der Waals surface area contributed by atoms with Crippen molar-refractivity contribution in [3.8, 4) is 0 Å². The average Bonchev–Trinajstić information content (AvgIpc) is 1.49. The summed E-state index contributed by atoms with van der Waals surface area (Å²) in [6.45, 7) is 1.44. The highest BCUT2D eigenvalue weighted by molar-refractivity contribution is 8.14. The molecule has 0 aromatic heterocycles. The van der Waals surface area contributed by atoms with Crippen LogP contribution in [0.4, 0.5) is 0 Å². The highest BCUT2D eigenvalue weighted by Gasteiger charge is 2.53. The maximum Gasteiger partial charge on any atom is 0.235 e. The molecule has 3 nitrogen and oxygen atoms in total. The lowest BCUT2D eigenvalue weighted by atomic mass is 9.67. The van der Waals surface area contributed by atoms with Gasteiger partial charge in [0.2, 0.25) is 9.05 Å². The van der Waals surface area contributed by atoms with Crippen molar-refractivity contribution in [2.24, 2.45) is 5.41 Å². The molecule has 2 fully saturated rings. The number of halogens is 1. The lowest BCUT2D eigenvalue weighted by Gasteiger charge is -2.51. The Hall–Kier alpha value is 0.200. The first-order valence-electron chi connectivity index (χ1n) is 3.53. The third-order valence-corrected chi connectivity index (χ3v) is 4.42. The Kier molecular flexibility index (Phi) is 1.51. The predicted molar refractivity (Wildman–Crippen MR) is 41.0 cm³/mol. The van der Waals surface area contributed by atoms with E-state index < -0.39 is 9.05 Å². The lowest BCUT2D eigenvalue weighted by molar-refractivity contribution is -0.153. The van der Waals surface area contributed by atoms with E-state index in [-0.39, 0.29) is 10.7 Å². The molecular weight excluding hydrogens is 188 g/mol. The van der Waals surface area contributed by atoms with Gasteiger partial charge in [-0.2, -0.15) is 0 Å². The highest BCUT2D eigenvalue weighted by Crippen LogP contribution is 2.50. The summed E-state index contributed by atoms with van der Waals surface area (Å²) in [5.41, 5.74) is 0.187. The number of hydrogen-bond acceptors (Lipinski definition) is 3. The van der Waals surface area contributed by atoms with Gasteiger partial charge in [-0.25, -0.2) is 8.42 Å². The predicted octanol–water partition coefficient (Wildman–Crippen LogP) is 0.734. The minimum absolute atomic E-state index is 0.187. The quantitative estimate of drug-likeness (QED) is 0.581. The van der Waals surface area contributed by atoms with Crippen LogP contribution in [0.1, 0.15) is 12.8 Å². The Bertz CT molecular complexity index is 260. The Morgan fingerprint density at radius 1 is 1.36 bits per heavy atom. The highest BCUT2D eigenvalue weighted by atomic mass is 35.7. The molecule has 5 heteroatoms. The molecule has 1 saturated heterocycles. The van der Waals surface area contributed by atoms with E-state index in [0.717, 1.165) is 13.2 Å². The van der Waals surface area contributed by atoms with Crippen molar-refractivity contribution in [3.63, 3.8) is 0 Å². The molecule has 0 bridgehead atoms. The number of rotatable bonds is 1. The smallest absolute Gasteiger partial charge is 0.235 e. The van der Waals surface area contributed by atoms with Crippen LogP contribution in [-0.4, -0.2) is 26.9 Å². The van der Waals surface area contributed by atoms with Crippen LogP contribution >= 0.6 is 10.7 Å². The Morgan fingerprint density at radius 2 is 1.91 bits per heavy atom. The van der Waals surface area contributed by atoms with Crippen LogP contribution in [0.25, 0.3) is 0 Å². The van der Waals surface area contributed by atoms with Gasteiger partial charge in [0.1, 0.15) is 0 Å². The van der Waals surface area contributed by atoms with Gasteiger partial charge in [0.05, 0.1) is 18.5 Å². The fourth-order valence-electron chi connectivity index (χ4n) is 1.73.